The normalized spacial score (nSPS) is 14.9. The second-order valence-corrected chi connectivity index (χ2v) is 7.53. The lowest BCUT2D eigenvalue weighted by Gasteiger charge is -2.33. The summed E-state index contributed by atoms with van der Waals surface area (Å²) in [6.07, 6.45) is 3.37. The Kier molecular flexibility index (Phi) is 6.08. The molecule has 0 unspecified atom stereocenters. The summed E-state index contributed by atoms with van der Waals surface area (Å²) in [5.74, 6) is 1.24. The summed E-state index contributed by atoms with van der Waals surface area (Å²) >= 11 is 12.2. The second-order valence-electron chi connectivity index (χ2n) is 6.71. The smallest absolute Gasteiger partial charge is 0.274 e. The first-order valence-electron chi connectivity index (χ1n) is 9.24. The molecule has 4 rings (SSSR count). The van der Waals surface area contributed by atoms with Gasteiger partial charge in [-0.1, -0.05) is 29.3 Å². The lowest BCUT2D eigenvalue weighted by Crippen LogP contribution is -2.48. The summed E-state index contributed by atoms with van der Waals surface area (Å²) in [5.41, 5.74) is 0.387. The fourth-order valence-corrected chi connectivity index (χ4v) is 3.70. The molecular formula is C20H20Cl2N4O3. The van der Waals surface area contributed by atoms with Crippen LogP contribution in [-0.4, -0.2) is 51.7 Å². The van der Waals surface area contributed by atoms with Gasteiger partial charge in [-0.15, -0.1) is 0 Å². The van der Waals surface area contributed by atoms with Crippen LogP contribution in [0.25, 0.3) is 0 Å². The van der Waals surface area contributed by atoms with Gasteiger partial charge in [0.2, 0.25) is 0 Å². The van der Waals surface area contributed by atoms with Gasteiger partial charge in [0.15, 0.2) is 18.2 Å². The van der Waals surface area contributed by atoms with Gasteiger partial charge < -0.3 is 14.1 Å². The first-order chi connectivity index (χ1) is 14.1. The predicted molar refractivity (Wildman–Crippen MR) is 109 cm³/mol. The molecule has 152 valence electrons. The molecule has 2 aromatic heterocycles. The molecule has 0 bridgehead atoms. The largest absolute Gasteiger partial charge is 0.468 e. The van der Waals surface area contributed by atoms with E-state index in [9.17, 15) is 4.79 Å². The third-order valence-electron chi connectivity index (χ3n) is 4.74. The van der Waals surface area contributed by atoms with E-state index in [1.807, 2.05) is 17.0 Å². The van der Waals surface area contributed by atoms with Gasteiger partial charge in [-0.2, -0.15) is 5.10 Å². The molecule has 29 heavy (non-hydrogen) atoms. The molecule has 0 spiro atoms. The average Bonchev–Trinajstić information content (AvgIpc) is 3.40. The monoisotopic (exact) mass is 434 g/mol. The fourth-order valence-electron chi connectivity index (χ4n) is 3.19. The molecular weight excluding hydrogens is 415 g/mol. The Labute approximate surface area is 178 Å². The molecule has 7 nitrogen and oxygen atoms in total. The van der Waals surface area contributed by atoms with Crippen LogP contribution in [0.15, 0.2) is 53.3 Å². The van der Waals surface area contributed by atoms with Crippen LogP contribution >= 0.6 is 23.2 Å². The van der Waals surface area contributed by atoms with E-state index in [2.05, 4.69) is 10.00 Å². The first kappa shape index (κ1) is 19.8. The van der Waals surface area contributed by atoms with Crippen LogP contribution in [0.2, 0.25) is 10.0 Å². The van der Waals surface area contributed by atoms with Crippen LogP contribution < -0.4 is 4.74 Å². The molecule has 3 aromatic rings. The zero-order valence-electron chi connectivity index (χ0n) is 15.6. The standard InChI is InChI=1S/C20H20Cl2N4O3/c21-16-4-1-5-17(22)19(16)29-14-26-7-6-18(23-26)20(27)25-10-8-24(9-11-25)13-15-3-2-12-28-15/h1-7,12H,8-11,13-14H2. The number of ether oxygens (including phenoxy) is 1. The number of hydrogen-bond acceptors (Lipinski definition) is 5. The molecule has 0 radical (unpaired) electrons. The Balaban J connectivity index is 1.30. The van der Waals surface area contributed by atoms with E-state index in [-0.39, 0.29) is 12.6 Å². The number of piperazine rings is 1. The van der Waals surface area contributed by atoms with Crippen LogP contribution in [0.1, 0.15) is 16.2 Å². The summed E-state index contributed by atoms with van der Waals surface area (Å²) in [6, 6.07) is 10.7. The SMILES string of the molecule is O=C(c1ccn(COc2c(Cl)cccc2Cl)n1)N1CCN(Cc2ccco2)CC1. The highest BCUT2D eigenvalue weighted by atomic mass is 35.5. The first-order valence-corrected chi connectivity index (χ1v) is 10.00. The van der Waals surface area contributed by atoms with Crippen LogP contribution in [0, 0.1) is 0 Å². The highest BCUT2D eigenvalue weighted by Gasteiger charge is 2.24. The van der Waals surface area contributed by atoms with E-state index in [4.69, 9.17) is 32.4 Å². The van der Waals surface area contributed by atoms with Gasteiger partial charge in [-0.05, 0) is 30.3 Å². The van der Waals surface area contributed by atoms with E-state index in [0.29, 0.717) is 34.6 Å². The summed E-state index contributed by atoms with van der Waals surface area (Å²) in [5, 5.41) is 5.17. The van der Waals surface area contributed by atoms with Crippen molar-refractivity contribution in [1.29, 1.82) is 0 Å². The predicted octanol–water partition coefficient (Wildman–Crippen LogP) is 3.78. The second kappa shape index (κ2) is 8.90. The van der Waals surface area contributed by atoms with Gasteiger partial charge in [0.1, 0.15) is 5.76 Å². The number of nitrogens with zero attached hydrogens (tertiary/aromatic N) is 4. The van der Waals surface area contributed by atoms with Crippen LogP contribution in [0.4, 0.5) is 0 Å². The van der Waals surface area contributed by atoms with Gasteiger partial charge in [-0.25, -0.2) is 4.68 Å². The summed E-state index contributed by atoms with van der Waals surface area (Å²) in [4.78, 5) is 16.8. The molecule has 1 aliphatic heterocycles. The number of rotatable bonds is 6. The zero-order chi connectivity index (χ0) is 20.2. The highest BCUT2D eigenvalue weighted by molar-refractivity contribution is 6.37. The molecule has 1 fully saturated rings. The number of carbonyl (C=O) groups is 1. The van der Waals surface area contributed by atoms with E-state index in [1.54, 1.807) is 41.4 Å². The van der Waals surface area contributed by atoms with Crippen molar-refractivity contribution in [2.75, 3.05) is 26.2 Å². The quantitative estimate of drug-likeness (QED) is 0.590. The Morgan fingerprint density at radius 2 is 1.83 bits per heavy atom. The van der Waals surface area contributed by atoms with Crippen molar-refractivity contribution in [3.63, 3.8) is 0 Å². The zero-order valence-corrected chi connectivity index (χ0v) is 17.1. The summed E-state index contributed by atoms with van der Waals surface area (Å²) in [7, 11) is 0. The molecule has 1 amide bonds. The number of furan rings is 1. The van der Waals surface area contributed by atoms with E-state index in [1.165, 1.54) is 0 Å². The fraction of sp³-hybridized carbons (Fsp3) is 0.300. The minimum Gasteiger partial charge on any atom is -0.468 e. The number of halogens is 2. The van der Waals surface area contributed by atoms with Crippen molar-refractivity contribution >= 4 is 29.1 Å². The van der Waals surface area contributed by atoms with Crippen LogP contribution in [0.3, 0.4) is 0 Å². The van der Waals surface area contributed by atoms with Gasteiger partial charge in [0.25, 0.3) is 5.91 Å². The van der Waals surface area contributed by atoms with E-state index in [0.717, 1.165) is 25.4 Å². The van der Waals surface area contributed by atoms with Crippen LogP contribution in [0.5, 0.6) is 5.75 Å². The molecule has 0 N–H and O–H groups in total. The summed E-state index contributed by atoms with van der Waals surface area (Å²) < 4.78 is 12.6. The molecule has 1 aromatic carbocycles. The molecule has 1 aliphatic rings. The van der Waals surface area contributed by atoms with Gasteiger partial charge in [-0.3, -0.25) is 9.69 Å². The Bertz CT molecular complexity index is 946. The van der Waals surface area contributed by atoms with Gasteiger partial charge >= 0.3 is 0 Å². The van der Waals surface area contributed by atoms with Crippen molar-refractivity contribution in [3.8, 4) is 5.75 Å². The number of carbonyl (C=O) groups excluding carboxylic acids is 1. The Hall–Kier alpha value is -2.48. The molecule has 9 heteroatoms. The maximum absolute atomic E-state index is 12.7. The van der Waals surface area contributed by atoms with Gasteiger partial charge in [0.05, 0.1) is 22.9 Å². The van der Waals surface area contributed by atoms with Crippen LogP contribution in [-0.2, 0) is 13.3 Å². The van der Waals surface area contributed by atoms with Gasteiger partial charge in [0, 0.05) is 32.4 Å². The van der Waals surface area contributed by atoms with E-state index >= 15 is 0 Å². The molecule has 0 saturated carbocycles. The minimum atomic E-state index is -0.0859. The third-order valence-corrected chi connectivity index (χ3v) is 5.33. The number of para-hydroxylation sites is 1. The Morgan fingerprint density at radius 3 is 2.52 bits per heavy atom. The average molecular weight is 435 g/mol. The lowest BCUT2D eigenvalue weighted by molar-refractivity contribution is 0.0612. The maximum Gasteiger partial charge on any atom is 0.274 e. The molecule has 0 aliphatic carbocycles. The van der Waals surface area contributed by atoms with Crippen molar-refractivity contribution in [2.24, 2.45) is 0 Å². The minimum absolute atomic E-state index is 0.0859. The topological polar surface area (TPSA) is 63.7 Å². The molecule has 3 heterocycles. The van der Waals surface area contributed by atoms with Crippen molar-refractivity contribution in [1.82, 2.24) is 19.6 Å². The number of hydrogen-bond donors (Lipinski definition) is 0. The Morgan fingerprint density at radius 1 is 1.07 bits per heavy atom. The maximum atomic E-state index is 12.7. The van der Waals surface area contributed by atoms with Crippen molar-refractivity contribution in [2.45, 2.75) is 13.3 Å². The molecule has 0 atom stereocenters. The lowest BCUT2D eigenvalue weighted by atomic mass is 10.2. The molecule has 1 saturated heterocycles. The van der Waals surface area contributed by atoms with Crippen molar-refractivity contribution < 1.29 is 13.9 Å². The van der Waals surface area contributed by atoms with E-state index < -0.39 is 0 Å². The number of benzene rings is 1. The highest BCUT2D eigenvalue weighted by Crippen LogP contribution is 2.32. The summed E-state index contributed by atoms with van der Waals surface area (Å²) in [6.45, 7) is 3.75. The number of amides is 1. The third kappa shape index (κ3) is 4.75. The number of aromatic nitrogens is 2. The van der Waals surface area contributed by atoms with Crippen molar-refractivity contribution in [3.05, 3.63) is 70.4 Å².